The Morgan fingerprint density at radius 1 is 1.54 bits per heavy atom. The zero-order valence-electron chi connectivity index (χ0n) is 7.58. The zero-order valence-corrected chi connectivity index (χ0v) is 7.58. The van der Waals surface area contributed by atoms with Crippen LogP contribution in [-0.2, 0) is 6.42 Å². The van der Waals surface area contributed by atoms with E-state index in [0.29, 0.717) is 5.69 Å². The first kappa shape index (κ1) is 9.58. The Morgan fingerprint density at radius 2 is 2.23 bits per heavy atom. The van der Waals surface area contributed by atoms with Crippen molar-refractivity contribution in [2.45, 2.75) is 19.8 Å². The van der Waals surface area contributed by atoms with Crippen molar-refractivity contribution in [3.63, 3.8) is 0 Å². The Kier molecular flexibility index (Phi) is 2.90. The summed E-state index contributed by atoms with van der Waals surface area (Å²) in [6.07, 6.45) is 1.89. The lowest BCUT2D eigenvalue weighted by molar-refractivity contribution is 0.0698. The topological polar surface area (TPSA) is 63.3 Å². The van der Waals surface area contributed by atoms with Crippen molar-refractivity contribution in [1.29, 1.82) is 0 Å². The number of aromatic carboxylic acids is 1. The second-order valence-electron chi connectivity index (χ2n) is 2.98. The molecule has 0 unspecified atom stereocenters. The number of hydrogen-bond donors (Lipinski definition) is 2. The number of nitrogens with two attached hydrogens (primary N) is 1. The molecule has 3 nitrogen and oxygen atoms in total. The van der Waals surface area contributed by atoms with E-state index in [9.17, 15) is 4.79 Å². The van der Waals surface area contributed by atoms with Gasteiger partial charge in [-0.1, -0.05) is 19.4 Å². The minimum absolute atomic E-state index is 0.200. The highest BCUT2D eigenvalue weighted by atomic mass is 16.4. The molecule has 1 rings (SSSR count). The first-order valence-electron chi connectivity index (χ1n) is 4.27. The van der Waals surface area contributed by atoms with Gasteiger partial charge in [-0.05, 0) is 24.1 Å². The summed E-state index contributed by atoms with van der Waals surface area (Å²) in [5, 5.41) is 8.78. The molecule has 0 spiro atoms. The quantitative estimate of drug-likeness (QED) is 0.697. The Morgan fingerprint density at radius 3 is 2.77 bits per heavy atom. The molecule has 0 aromatic heterocycles. The maximum Gasteiger partial charge on any atom is 0.337 e. The van der Waals surface area contributed by atoms with Crippen LogP contribution in [0.4, 0.5) is 5.69 Å². The fourth-order valence-electron chi connectivity index (χ4n) is 1.23. The maximum atomic E-state index is 10.7. The van der Waals surface area contributed by atoms with Crippen LogP contribution in [0.5, 0.6) is 0 Å². The van der Waals surface area contributed by atoms with Crippen LogP contribution in [-0.4, -0.2) is 11.1 Å². The highest BCUT2D eigenvalue weighted by Gasteiger charge is 2.07. The number of benzene rings is 1. The average molecular weight is 179 g/mol. The molecule has 0 fully saturated rings. The minimum atomic E-state index is -0.963. The number of aryl methyl sites for hydroxylation is 1. The van der Waals surface area contributed by atoms with E-state index in [0.717, 1.165) is 18.4 Å². The van der Waals surface area contributed by atoms with Crippen molar-refractivity contribution < 1.29 is 9.90 Å². The van der Waals surface area contributed by atoms with Gasteiger partial charge in [-0.15, -0.1) is 0 Å². The Bertz CT molecular complexity index is 321. The summed E-state index contributed by atoms with van der Waals surface area (Å²) < 4.78 is 0. The van der Waals surface area contributed by atoms with Crippen molar-refractivity contribution in [2.75, 3.05) is 5.73 Å². The summed E-state index contributed by atoms with van der Waals surface area (Å²) in [5.74, 6) is -0.963. The largest absolute Gasteiger partial charge is 0.478 e. The van der Waals surface area contributed by atoms with Crippen LogP contribution in [0.1, 0.15) is 29.3 Å². The van der Waals surface area contributed by atoms with Crippen LogP contribution in [0.15, 0.2) is 18.2 Å². The lowest BCUT2D eigenvalue weighted by Gasteiger charge is -2.03. The first-order valence-corrected chi connectivity index (χ1v) is 4.27. The molecule has 0 radical (unpaired) electrons. The molecule has 1 aromatic rings. The molecule has 3 N–H and O–H groups in total. The minimum Gasteiger partial charge on any atom is -0.478 e. The summed E-state index contributed by atoms with van der Waals surface area (Å²) >= 11 is 0. The van der Waals surface area contributed by atoms with Gasteiger partial charge in [0.15, 0.2) is 0 Å². The van der Waals surface area contributed by atoms with Gasteiger partial charge in [0.1, 0.15) is 0 Å². The molecular weight excluding hydrogens is 166 g/mol. The van der Waals surface area contributed by atoms with E-state index in [4.69, 9.17) is 10.8 Å². The number of carboxylic acid groups (broad SMARTS) is 1. The van der Waals surface area contributed by atoms with Gasteiger partial charge in [-0.2, -0.15) is 0 Å². The molecule has 0 aliphatic rings. The highest BCUT2D eigenvalue weighted by molar-refractivity contribution is 5.93. The van der Waals surface area contributed by atoms with E-state index in [-0.39, 0.29) is 5.56 Å². The summed E-state index contributed by atoms with van der Waals surface area (Å²) in [6.45, 7) is 2.05. The zero-order chi connectivity index (χ0) is 9.84. The number of carbonyl (C=O) groups is 1. The van der Waals surface area contributed by atoms with Crippen LogP contribution in [0.3, 0.4) is 0 Å². The molecule has 0 heterocycles. The second kappa shape index (κ2) is 3.94. The molecule has 70 valence electrons. The van der Waals surface area contributed by atoms with Crippen molar-refractivity contribution in [3.8, 4) is 0 Å². The molecule has 3 heteroatoms. The lowest BCUT2D eigenvalue weighted by atomic mass is 10.1. The van der Waals surface area contributed by atoms with E-state index in [1.54, 1.807) is 12.1 Å². The average Bonchev–Trinajstić information content (AvgIpc) is 2.08. The Hall–Kier alpha value is -1.51. The van der Waals surface area contributed by atoms with Gasteiger partial charge in [-0.3, -0.25) is 0 Å². The fourth-order valence-corrected chi connectivity index (χ4v) is 1.23. The van der Waals surface area contributed by atoms with Crippen molar-refractivity contribution in [1.82, 2.24) is 0 Å². The van der Waals surface area contributed by atoms with Gasteiger partial charge in [0.25, 0.3) is 0 Å². The molecule has 1 aromatic carbocycles. The van der Waals surface area contributed by atoms with Gasteiger partial charge >= 0.3 is 5.97 Å². The Labute approximate surface area is 77.2 Å². The second-order valence-corrected chi connectivity index (χ2v) is 2.98. The monoisotopic (exact) mass is 179 g/mol. The van der Waals surface area contributed by atoms with Gasteiger partial charge in [0.05, 0.1) is 5.56 Å². The third-order valence-corrected chi connectivity index (χ3v) is 1.89. The summed E-state index contributed by atoms with van der Waals surface area (Å²) in [7, 11) is 0. The smallest absolute Gasteiger partial charge is 0.337 e. The third-order valence-electron chi connectivity index (χ3n) is 1.89. The standard InChI is InChI=1S/C10H13NO2/c1-2-3-7-4-5-9(11)8(6-7)10(12)13/h4-6H,2-3,11H2,1H3,(H,12,13). The molecule has 13 heavy (non-hydrogen) atoms. The van der Waals surface area contributed by atoms with Crippen molar-refractivity contribution in [3.05, 3.63) is 29.3 Å². The maximum absolute atomic E-state index is 10.7. The molecule has 0 bridgehead atoms. The van der Waals surface area contributed by atoms with Crippen molar-refractivity contribution >= 4 is 11.7 Å². The van der Waals surface area contributed by atoms with Crippen LogP contribution in [0.2, 0.25) is 0 Å². The summed E-state index contributed by atoms with van der Waals surface area (Å²) in [5.41, 5.74) is 7.05. The summed E-state index contributed by atoms with van der Waals surface area (Å²) in [6, 6.07) is 5.15. The predicted molar refractivity (Wildman–Crippen MR) is 51.8 cm³/mol. The Balaban J connectivity index is 3.04. The van der Waals surface area contributed by atoms with E-state index < -0.39 is 5.97 Å². The highest BCUT2D eigenvalue weighted by Crippen LogP contribution is 2.15. The number of anilines is 1. The normalized spacial score (nSPS) is 9.92. The lowest BCUT2D eigenvalue weighted by Crippen LogP contribution is -2.03. The number of hydrogen-bond acceptors (Lipinski definition) is 2. The SMILES string of the molecule is CCCc1ccc(N)c(C(=O)O)c1. The molecule has 0 aliphatic heterocycles. The fraction of sp³-hybridized carbons (Fsp3) is 0.300. The first-order chi connectivity index (χ1) is 6.15. The van der Waals surface area contributed by atoms with Gasteiger partial charge in [0, 0.05) is 5.69 Å². The molecule has 0 aliphatic carbocycles. The predicted octanol–water partition coefficient (Wildman–Crippen LogP) is 1.92. The number of nitrogen functional groups attached to an aromatic ring is 1. The van der Waals surface area contributed by atoms with Gasteiger partial charge in [0.2, 0.25) is 0 Å². The number of rotatable bonds is 3. The van der Waals surface area contributed by atoms with Gasteiger partial charge < -0.3 is 10.8 Å². The van der Waals surface area contributed by atoms with Crippen molar-refractivity contribution in [2.24, 2.45) is 0 Å². The van der Waals surface area contributed by atoms with Crippen LogP contribution in [0, 0.1) is 0 Å². The molecule has 0 atom stereocenters. The van der Waals surface area contributed by atoms with E-state index in [1.807, 2.05) is 6.07 Å². The molecule has 0 saturated carbocycles. The van der Waals surface area contributed by atoms with E-state index in [1.165, 1.54) is 0 Å². The van der Waals surface area contributed by atoms with E-state index >= 15 is 0 Å². The molecular formula is C10H13NO2. The van der Waals surface area contributed by atoms with Crippen LogP contribution >= 0.6 is 0 Å². The van der Waals surface area contributed by atoms with Crippen LogP contribution < -0.4 is 5.73 Å². The van der Waals surface area contributed by atoms with Crippen LogP contribution in [0.25, 0.3) is 0 Å². The van der Waals surface area contributed by atoms with E-state index in [2.05, 4.69) is 6.92 Å². The third kappa shape index (κ3) is 2.21. The number of carboxylic acids is 1. The summed E-state index contributed by atoms with van der Waals surface area (Å²) in [4.78, 5) is 10.7. The van der Waals surface area contributed by atoms with Gasteiger partial charge in [-0.25, -0.2) is 4.79 Å². The molecule has 0 saturated heterocycles. The molecule has 0 amide bonds.